The molecule has 0 aromatic carbocycles. The number of thioether (sulfide) groups is 2. The van der Waals surface area contributed by atoms with Gasteiger partial charge in [0.2, 0.25) is 0 Å². The van der Waals surface area contributed by atoms with Gasteiger partial charge >= 0.3 is 0 Å². The Morgan fingerprint density at radius 2 is 2.46 bits per heavy atom. The van der Waals surface area contributed by atoms with E-state index in [2.05, 4.69) is 4.99 Å². The lowest BCUT2D eigenvalue weighted by molar-refractivity contribution is 0.418. The molecule has 0 aromatic heterocycles. The predicted molar refractivity (Wildman–Crippen MR) is 56.8 cm³/mol. The standard InChI is InChI=1S/C8H11F2NS2/c9-7(10)3-1-5-12-8-11-4-2-6-13-8/h3H,1-2,4-6H2. The highest BCUT2D eigenvalue weighted by Gasteiger charge is 2.05. The van der Waals surface area contributed by atoms with E-state index in [1.54, 1.807) is 23.5 Å². The van der Waals surface area contributed by atoms with Crippen LogP contribution in [0.1, 0.15) is 12.8 Å². The highest BCUT2D eigenvalue weighted by molar-refractivity contribution is 8.38. The summed E-state index contributed by atoms with van der Waals surface area (Å²) >= 11 is 3.30. The van der Waals surface area contributed by atoms with Gasteiger partial charge in [-0.25, -0.2) is 0 Å². The zero-order valence-electron chi connectivity index (χ0n) is 7.13. The molecule has 0 amide bonds. The molecule has 1 rings (SSSR count). The molecule has 0 aromatic rings. The van der Waals surface area contributed by atoms with Crippen LogP contribution in [0.15, 0.2) is 17.1 Å². The summed E-state index contributed by atoms with van der Waals surface area (Å²) < 4.78 is 24.3. The molecular formula is C8H11F2NS2. The van der Waals surface area contributed by atoms with E-state index in [4.69, 9.17) is 0 Å². The Morgan fingerprint density at radius 3 is 3.08 bits per heavy atom. The molecular weight excluding hydrogens is 212 g/mol. The third kappa shape index (κ3) is 5.31. The number of hydrogen-bond acceptors (Lipinski definition) is 3. The van der Waals surface area contributed by atoms with Crippen molar-refractivity contribution < 1.29 is 8.78 Å². The molecule has 1 aliphatic rings. The fourth-order valence-electron chi connectivity index (χ4n) is 0.842. The van der Waals surface area contributed by atoms with Crippen LogP contribution in [-0.4, -0.2) is 22.4 Å². The van der Waals surface area contributed by atoms with Crippen LogP contribution in [0, 0.1) is 0 Å². The highest BCUT2D eigenvalue weighted by Crippen LogP contribution is 2.22. The zero-order valence-corrected chi connectivity index (χ0v) is 8.77. The van der Waals surface area contributed by atoms with E-state index in [9.17, 15) is 8.78 Å². The first-order valence-electron chi connectivity index (χ1n) is 4.10. The van der Waals surface area contributed by atoms with Crippen LogP contribution in [0.5, 0.6) is 0 Å². The Balaban J connectivity index is 2.11. The Bertz CT molecular complexity index is 212. The van der Waals surface area contributed by atoms with E-state index in [0.717, 1.165) is 29.2 Å². The summed E-state index contributed by atoms with van der Waals surface area (Å²) in [4.78, 5) is 4.28. The molecule has 0 atom stereocenters. The molecule has 1 nitrogen and oxygen atoms in total. The lowest BCUT2D eigenvalue weighted by Crippen LogP contribution is -2.00. The van der Waals surface area contributed by atoms with Crippen molar-refractivity contribution in [3.63, 3.8) is 0 Å². The molecule has 0 radical (unpaired) electrons. The van der Waals surface area contributed by atoms with Crippen LogP contribution in [0.25, 0.3) is 0 Å². The fourth-order valence-corrected chi connectivity index (χ4v) is 2.90. The smallest absolute Gasteiger partial charge is 0.266 e. The first-order chi connectivity index (χ1) is 6.29. The van der Waals surface area contributed by atoms with E-state index in [0.29, 0.717) is 12.2 Å². The van der Waals surface area contributed by atoms with E-state index < -0.39 is 6.08 Å². The van der Waals surface area contributed by atoms with Gasteiger partial charge in [-0.1, -0.05) is 23.5 Å². The second-order valence-electron chi connectivity index (χ2n) is 2.48. The van der Waals surface area contributed by atoms with Crippen molar-refractivity contribution in [3.8, 4) is 0 Å². The summed E-state index contributed by atoms with van der Waals surface area (Å²) in [5.74, 6) is 1.81. The third-order valence-corrected chi connectivity index (χ3v) is 3.80. The molecule has 0 saturated heterocycles. The maximum absolute atomic E-state index is 11.6. The van der Waals surface area contributed by atoms with Crippen molar-refractivity contribution in [1.82, 2.24) is 0 Å². The molecule has 74 valence electrons. The average Bonchev–Trinajstić information content (AvgIpc) is 2.14. The summed E-state index contributed by atoms with van der Waals surface area (Å²) in [6.45, 7) is 0.892. The number of aliphatic imine (C=N–C) groups is 1. The second kappa shape index (κ2) is 6.43. The third-order valence-electron chi connectivity index (χ3n) is 1.41. The minimum atomic E-state index is -1.58. The zero-order chi connectivity index (χ0) is 9.52. The second-order valence-corrected chi connectivity index (χ2v) is 4.91. The molecule has 0 aliphatic carbocycles. The number of allylic oxidation sites excluding steroid dienone is 1. The Hall–Kier alpha value is -0.0300. The molecule has 0 saturated carbocycles. The maximum Gasteiger partial charge on any atom is 0.266 e. The average molecular weight is 223 g/mol. The van der Waals surface area contributed by atoms with Crippen molar-refractivity contribution in [2.24, 2.45) is 4.99 Å². The maximum atomic E-state index is 11.6. The van der Waals surface area contributed by atoms with Crippen LogP contribution in [-0.2, 0) is 0 Å². The van der Waals surface area contributed by atoms with Crippen molar-refractivity contribution in [1.29, 1.82) is 0 Å². The van der Waals surface area contributed by atoms with E-state index in [1.165, 1.54) is 0 Å². The van der Waals surface area contributed by atoms with Gasteiger partial charge in [-0.05, 0) is 18.9 Å². The van der Waals surface area contributed by atoms with Crippen LogP contribution in [0.4, 0.5) is 8.78 Å². The van der Waals surface area contributed by atoms with E-state index in [1.807, 2.05) is 0 Å². The topological polar surface area (TPSA) is 12.4 Å². The van der Waals surface area contributed by atoms with Crippen molar-refractivity contribution in [2.75, 3.05) is 18.1 Å². The molecule has 0 unspecified atom stereocenters. The van der Waals surface area contributed by atoms with Gasteiger partial charge in [0.15, 0.2) is 0 Å². The SMILES string of the molecule is FC(F)=CCCSC1=NCCCS1. The first kappa shape index (κ1) is 11.0. The minimum Gasteiger partial charge on any atom is -0.272 e. The summed E-state index contributed by atoms with van der Waals surface area (Å²) in [6, 6.07) is 0. The number of rotatable bonds is 3. The van der Waals surface area contributed by atoms with E-state index >= 15 is 0 Å². The highest BCUT2D eigenvalue weighted by atomic mass is 32.2. The normalized spacial score (nSPS) is 16.6. The lowest BCUT2D eigenvalue weighted by atomic mass is 10.5. The van der Waals surface area contributed by atoms with Gasteiger partial charge in [0, 0.05) is 18.1 Å². The summed E-state index contributed by atoms with van der Waals surface area (Å²) in [7, 11) is 0. The number of hydrogen-bond donors (Lipinski definition) is 0. The molecule has 0 N–H and O–H groups in total. The van der Waals surface area contributed by atoms with Crippen LogP contribution in [0.3, 0.4) is 0 Å². The van der Waals surface area contributed by atoms with Gasteiger partial charge in [-0.15, -0.1) is 0 Å². The van der Waals surface area contributed by atoms with Gasteiger partial charge < -0.3 is 0 Å². The number of halogens is 2. The molecule has 1 heterocycles. The van der Waals surface area contributed by atoms with Gasteiger partial charge in [-0.3, -0.25) is 4.99 Å². The monoisotopic (exact) mass is 223 g/mol. The van der Waals surface area contributed by atoms with Gasteiger partial charge in [0.05, 0.1) is 0 Å². The number of nitrogens with zero attached hydrogens (tertiary/aromatic N) is 1. The summed E-state index contributed by atoms with van der Waals surface area (Å²) in [6.07, 6.45) is 0.931. The van der Waals surface area contributed by atoms with Gasteiger partial charge in [0.25, 0.3) is 6.08 Å². The Labute approximate surface area is 85.1 Å². The molecule has 0 fully saturated rings. The minimum absolute atomic E-state index is 0.423. The fraction of sp³-hybridized carbons (Fsp3) is 0.625. The largest absolute Gasteiger partial charge is 0.272 e. The summed E-state index contributed by atoms with van der Waals surface area (Å²) in [5, 5.41) is 0. The van der Waals surface area contributed by atoms with Crippen LogP contribution in [0.2, 0.25) is 0 Å². The van der Waals surface area contributed by atoms with Crippen molar-refractivity contribution in [3.05, 3.63) is 12.2 Å². The van der Waals surface area contributed by atoms with E-state index in [-0.39, 0.29) is 0 Å². The lowest BCUT2D eigenvalue weighted by Gasteiger charge is -2.09. The first-order valence-corrected chi connectivity index (χ1v) is 6.07. The summed E-state index contributed by atoms with van der Waals surface area (Å²) in [5.41, 5.74) is 0. The van der Waals surface area contributed by atoms with Crippen LogP contribution >= 0.6 is 23.5 Å². The van der Waals surface area contributed by atoms with Gasteiger partial charge in [0.1, 0.15) is 4.38 Å². The molecule has 13 heavy (non-hydrogen) atoms. The quantitative estimate of drug-likeness (QED) is 0.680. The van der Waals surface area contributed by atoms with Crippen molar-refractivity contribution in [2.45, 2.75) is 12.8 Å². The van der Waals surface area contributed by atoms with Crippen LogP contribution < -0.4 is 0 Å². The molecule has 1 aliphatic heterocycles. The molecule has 0 bridgehead atoms. The molecule has 0 spiro atoms. The Morgan fingerprint density at radius 1 is 1.62 bits per heavy atom. The predicted octanol–water partition coefficient (Wildman–Crippen LogP) is 3.38. The van der Waals surface area contributed by atoms with Gasteiger partial charge in [-0.2, -0.15) is 8.78 Å². The van der Waals surface area contributed by atoms with Crippen molar-refractivity contribution >= 4 is 27.9 Å². The Kier molecular flexibility index (Phi) is 5.46. The molecule has 5 heteroatoms.